The number of aromatic nitrogens is 2. The summed E-state index contributed by atoms with van der Waals surface area (Å²) in [6.07, 6.45) is 2.48. The van der Waals surface area contributed by atoms with Crippen molar-refractivity contribution in [2.24, 2.45) is 0 Å². The standard InChI is InChI=1S/C26H30ClN3O2/c1-5-21-24(19-13-12-17(31-4)15-20(19)27)28-22(6-2)26(29-21)30-25-18-11-9-8-10-16(18)14-23(25)32-7-3/h8-13,15,23,25H,5-7,14H2,1-4H3,(H,29,30)/t23-,25+/m0/s1. The van der Waals surface area contributed by atoms with Gasteiger partial charge in [0.2, 0.25) is 0 Å². The van der Waals surface area contributed by atoms with E-state index in [1.165, 1.54) is 11.1 Å². The van der Waals surface area contributed by atoms with Crippen LogP contribution >= 0.6 is 11.6 Å². The highest BCUT2D eigenvalue weighted by Gasteiger charge is 2.33. The van der Waals surface area contributed by atoms with Crippen LogP contribution in [0.3, 0.4) is 0 Å². The first-order chi connectivity index (χ1) is 15.6. The van der Waals surface area contributed by atoms with Crippen LogP contribution in [0, 0.1) is 0 Å². The van der Waals surface area contributed by atoms with Crippen molar-refractivity contribution in [3.8, 4) is 17.0 Å². The minimum atomic E-state index is 0.0471. The molecular formula is C26H30ClN3O2. The van der Waals surface area contributed by atoms with Crippen molar-refractivity contribution in [3.63, 3.8) is 0 Å². The van der Waals surface area contributed by atoms with E-state index in [1.807, 2.05) is 25.1 Å². The maximum Gasteiger partial charge on any atom is 0.148 e. The molecule has 0 saturated carbocycles. The summed E-state index contributed by atoms with van der Waals surface area (Å²) < 4.78 is 11.4. The number of halogens is 1. The van der Waals surface area contributed by atoms with Gasteiger partial charge in [-0.1, -0.05) is 49.7 Å². The van der Waals surface area contributed by atoms with Crippen LogP contribution in [0.5, 0.6) is 5.75 Å². The van der Waals surface area contributed by atoms with Gasteiger partial charge in [-0.3, -0.25) is 0 Å². The average molecular weight is 452 g/mol. The van der Waals surface area contributed by atoms with Gasteiger partial charge in [-0.25, -0.2) is 9.97 Å². The molecule has 0 aliphatic heterocycles. The maximum atomic E-state index is 6.57. The lowest BCUT2D eigenvalue weighted by Crippen LogP contribution is -2.26. The van der Waals surface area contributed by atoms with Crippen LogP contribution in [0.25, 0.3) is 11.3 Å². The van der Waals surface area contributed by atoms with Crippen LogP contribution in [0.2, 0.25) is 5.02 Å². The number of nitrogens with zero attached hydrogens (tertiary/aromatic N) is 2. The third-order valence-electron chi connectivity index (χ3n) is 6.00. The molecule has 0 bridgehead atoms. The van der Waals surface area contributed by atoms with Crippen LogP contribution in [-0.2, 0) is 24.0 Å². The van der Waals surface area contributed by atoms with Gasteiger partial charge in [0.15, 0.2) is 0 Å². The van der Waals surface area contributed by atoms with Gasteiger partial charge < -0.3 is 14.8 Å². The molecule has 4 rings (SSSR count). The number of rotatable bonds is 8. The predicted octanol–water partition coefficient (Wildman–Crippen LogP) is 6.04. The Morgan fingerprint density at radius 3 is 2.50 bits per heavy atom. The molecule has 0 spiro atoms. The van der Waals surface area contributed by atoms with Crippen molar-refractivity contribution >= 4 is 17.4 Å². The normalized spacial score (nSPS) is 17.3. The summed E-state index contributed by atoms with van der Waals surface area (Å²) in [4.78, 5) is 10.1. The molecule has 3 aromatic rings. The fourth-order valence-electron chi connectivity index (χ4n) is 4.39. The van der Waals surface area contributed by atoms with Gasteiger partial charge in [-0.05, 0) is 49.1 Å². The Bertz CT molecular complexity index is 1100. The van der Waals surface area contributed by atoms with Crippen LogP contribution in [0.1, 0.15) is 49.3 Å². The summed E-state index contributed by atoms with van der Waals surface area (Å²) in [5.74, 6) is 1.55. The number of anilines is 1. The minimum Gasteiger partial charge on any atom is -0.497 e. The van der Waals surface area contributed by atoms with E-state index in [1.54, 1.807) is 7.11 Å². The molecular weight excluding hydrogens is 422 g/mol. The third kappa shape index (κ3) is 4.32. The zero-order chi connectivity index (χ0) is 22.7. The lowest BCUT2D eigenvalue weighted by Gasteiger charge is -2.24. The number of aryl methyl sites for hydroxylation is 2. The van der Waals surface area contributed by atoms with Crippen LogP contribution in [0.15, 0.2) is 42.5 Å². The lowest BCUT2D eigenvalue weighted by atomic mass is 10.1. The van der Waals surface area contributed by atoms with Gasteiger partial charge >= 0.3 is 0 Å². The number of nitrogens with one attached hydrogen (secondary N) is 1. The van der Waals surface area contributed by atoms with E-state index >= 15 is 0 Å². The smallest absolute Gasteiger partial charge is 0.148 e. The Morgan fingerprint density at radius 2 is 1.81 bits per heavy atom. The minimum absolute atomic E-state index is 0.0471. The van der Waals surface area contributed by atoms with E-state index in [2.05, 4.69) is 43.4 Å². The molecule has 0 radical (unpaired) electrons. The highest BCUT2D eigenvalue weighted by atomic mass is 35.5. The van der Waals surface area contributed by atoms with Gasteiger partial charge in [0.05, 0.1) is 41.4 Å². The second kappa shape index (κ2) is 9.88. The zero-order valence-corrected chi connectivity index (χ0v) is 19.9. The average Bonchev–Trinajstić information content (AvgIpc) is 3.16. The van der Waals surface area contributed by atoms with Crippen molar-refractivity contribution in [2.75, 3.05) is 19.0 Å². The molecule has 0 fully saturated rings. The van der Waals surface area contributed by atoms with E-state index in [4.69, 9.17) is 31.0 Å². The summed E-state index contributed by atoms with van der Waals surface area (Å²) >= 11 is 6.57. The van der Waals surface area contributed by atoms with E-state index in [-0.39, 0.29) is 12.1 Å². The second-order valence-corrected chi connectivity index (χ2v) is 8.29. The molecule has 1 heterocycles. The SMILES string of the molecule is CCO[C@H]1Cc2ccccc2[C@H]1Nc1nc(CC)c(-c2ccc(OC)cc2Cl)nc1CC. The fraction of sp³-hybridized carbons (Fsp3) is 0.385. The Morgan fingerprint density at radius 1 is 1.03 bits per heavy atom. The summed E-state index contributed by atoms with van der Waals surface area (Å²) in [6, 6.07) is 14.3. The summed E-state index contributed by atoms with van der Waals surface area (Å²) in [7, 11) is 1.63. The number of benzene rings is 2. The molecule has 1 aliphatic rings. The first-order valence-electron chi connectivity index (χ1n) is 11.3. The van der Waals surface area contributed by atoms with Gasteiger partial charge in [-0.2, -0.15) is 0 Å². The van der Waals surface area contributed by atoms with Crippen molar-refractivity contribution in [1.29, 1.82) is 0 Å². The molecule has 32 heavy (non-hydrogen) atoms. The highest BCUT2D eigenvalue weighted by molar-refractivity contribution is 6.33. The molecule has 0 saturated heterocycles. The van der Waals surface area contributed by atoms with Crippen LogP contribution in [-0.4, -0.2) is 29.8 Å². The molecule has 1 aliphatic carbocycles. The number of methoxy groups -OCH3 is 1. The molecule has 0 amide bonds. The molecule has 5 nitrogen and oxygen atoms in total. The Balaban J connectivity index is 1.74. The Kier molecular flexibility index (Phi) is 6.97. The molecule has 2 atom stereocenters. The first kappa shape index (κ1) is 22.6. The summed E-state index contributed by atoms with van der Waals surface area (Å²) in [6.45, 7) is 6.91. The van der Waals surface area contributed by atoms with E-state index in [0.29, 0.717) is 11.6 Å². The topological polar surface area (TPSA) is 56.3 Å². The van der Waals surface area contributed by atoms with E-state index in [9.17, 15) is 0 Å². The summed E-state index contributed by atoms with van der Waals surface area (Å²) in [5, 5.41) is 4.29. The zero-order valence-electron chi connectivity index (χ0n) is 19.1. The molecule has 0 unspecified atom stereocenters. The number of fused-ring (bicyclic) bond motifs is 1. The quantitative estimate of drug-likeness (QED) is 0.452. The maximum absolute atomic E-state index is 6.57. The largest absolute Gasteiger partial charge is 0.497 e. The first-order valence-corrected chi connectivity index (χ1v) is 11.7. The number of hydrogen-bond acceptors (Lipinski definition) is 5. The monoisotopic (exact) mass is 451 g/mol. The van der Waals surface area contributed by atoms with Gasteiger partial charge in [0, 0.05) is 18.6 Å². The Labute approximate surface area is 195 Å². The van der Waals surface area contributed by atoms with Crippen molar-refractivity contribution in [1.82, 2.24) is 9.97 Å². The van der Waals surface area contributed by atoms with E-state index < -0.39 is 0 Å². The second-order valence-electron chi connectivity index (χ2n) is 7.89. The van der Waals surface area contributed by atoms with Crippen molar-refractivity contribution in [2.45, 2.75) is 52.2 Å². The van der Waals surface area contributed by atoms with Crippen molar-refractivity contribution < 1.29 is 9.47 Å². The number of hydrogen-bond donors (Lipinski definition) is 1. The molecule has 1 aromatic heterocycles. The van der Waals surface area contributed by atoms with Crippen LogP contribution in [0.4, 0.5) is 5.82 Å². The predicted molar refractivity (Wildman–Crippen MR) is 130 cm³/mol. The molecule has 168 valence electrons. The summed E-state index contributed by atoms with van der Waals surface area (Å²) in [5.41, 5.74) is 6.13. The van der Waals surface area contributed by atoms with Gasteiger partial charge in [0.1, 0.15) is 11.6 Å². The Hall–Kier alpha value is -2.63. The third-order valence-corrected chi connectivity index (χ3v) is 6.31. The highest BCUT2D eigenvalue weighted by Crippen LogP contribution is 2.38. The fourth-order valence-corrected chi connectivity index (χ4v) is 4.65. The van der Waals surface area contributed by atoms with Gasteiger partial charge in [0.25, 0.3) is 0 Å². The molecule has 2 aromatic carbocycles. The lowest BCUT2D eigenvalue weighted by molar-refractivity contribution is 0.0573. The van der Waals surface area contributed by atoms with Gasteiger partial charge in [-0.15, -0.1) is 0 Å². The van der Waals surface area contributed by atoms with E-state index in [0.717, 1.165) is 53.5 Å². The number of ether oxygens (including phenoxy) is 2. The molecule has 1 N–H and O–H groups in total. The molecule has 6 heteroatoms. The van der Waals surface area contributed by atoms with Crippen molar-refractivity contribution in [3.05, 3.63) is 70.0 Å². The van der Waals surface area contributed by atoms with Crippen LogP contribution < -0.4 is 10.1 Å².